The number of nitrogens with one attached hydrogen (secondary N) is 2. The van der Waals surface area contributed by atoms with Crippen LogP contribution in [0.1, 0.15) is 20.3 Å². The second-order valence-corrected chi connectivity index (χ2v) is 7.11. The highest BCUT2D eigenvalue weighted by molar-refractivity contribution is 9.10. The molecule has 0 saturated carbocycles. The van der Waals surface area contributed by atoms with E-state index in [2.05, 4.69) is 36.3 Å². The van der Waals surface area contributed by atoms with E-state index in [1.165, 1.54) is 14.1 Å². The molecule has 0 aliphatic rings. The SMILES string of the molecule is CNC(=O)C(CC(C)C)NS(=O)(=O)c1c(Br)nnn1C. The third-order valence-corrected chi connectivity index (χ3v) is 4.92. The quantitative estimate of drug-likeness (QED) is 0.736. The van der Waals surface area contributed by atoms with Crippen LogP contribution in [0.4, 0.5) is 0 Å². The molecule has 0 fully saturated rings. The number of hydrogen-bond donors (Lipinski definition) is 2. The summed E-state index contributed by atoms with van der Waals surface area (Å²) >= 11 is 3.03. The number of halogens is 1. The van der Waals surface area contributed by atoms with Crippen molar-refractivity contribution in [3.05, 3.63) is 4.60 Å². The van der Waals surface area contributed by atoms with Gasteiger partial charge in [-0.25, -0.2) is 13.1 Å². The van der Waals surface area contributed by atoms with Gasteiger partial charge in [-0.1, -0.05) is 19.1 Å². The molecule has 20 heavy (non-hydrogen) atoms. The zero-order valence-corrected chi connectivity index (χ0v) is 14.1. The number of carbonyl (C=O) groups is 1. The number of likely N-dealkylation sites (N-methyl/N-ethyl adjacent to an activating group) is 1. The van der Waals surface area contributed by atoms with Gasteiger partial charge in [-0.15, -0.1) is 5.10 Å². The van der Waals surface area contributed by atoms with Crippen molar-refractivity contribution in [2.24, 2.45) is 13.0 Å². The predicted molar refractivity (Wildman–Crippen MR) is 76.3 cm³/mol. The minimum atomic E-state index is -3.90. The minimum absolute atomic E-state index is 0.104. The lowest BCUT2D eigenvalue weighted by Gasteiger charge is -2.19. The van der Waals surface area contributed by atoms with Crippen molar-refractivity contribution in [3.8, 4) is 0 Å². The second-order valence-electron chi connectivity index (χ2n) is 4.73. The molecule has 1 unspecified atom stereocenters. The fourth-order valence-corrected chi connectivity index (χ4v) is 4.01. The smallest absolute Gasteiger partial charge is 0.261 e. The normalized spacial score (nSPS) is 13.5. The first-order valence-electron chi connectivity index (χ1n) is 5.98. The molecule has 1 amide bonds. The summed E-state index contributed by atoms with van der Waals surface area (Å²) in [5.41, 5.74) is 0. The van der Waals surface area contributed by atoms with E-state index in [1.54, 1.807) is 0 Å². The van der Waals surface area contributed by atoms with Gasteiger partial charge in [0.15, 0.2) is 4.60 Å². The Balaban J connectivity index is 3.06. The Labute approximate surface area is 126 Å². The second kappa shape index (κ2) is 6.64. The summed E-state index contributed by atoms with van der Waals surface area (Å²) in [6.45, 7) is 3.82. The first-order chi connectivity index (χ1) is 9.19. The molecule has 114 valence electrons. The molecule has 0 aliphatic heterocycles. The molecule has 1 rings (SSSR count). The van der Waals surface area contributed by atoms with Crippen molar-refractivity contribution < 1.29 is 13.2 Å². The lowest BCUT2D eigenvalue weighted by Crippen LogP contribution is -2.46. The fraction of sp³-hybridized carbons (Fsp3) is 0.700. The molecule has 0 aromatic carbocycles. The Hall–Kier alpha value is -1.00. The summed E-state index contributed by atoms with van der Waals surface area (Å²) in [5, 5.41) is 9.58. The Kier molecular flexibility index (Phi) is 5.66. The molecule has 0 spiro atoms. The highest BCUT2D eigenvalue weighted by atomic mass is 79.9. The van der Waals surface area contributed by atoms with Crippen LogP contribution in [0.2, 0.25) is 0 Å². The van der Waals surface area contributed by atoms with Gasteiger partial charge >= 0.3 is 0 Å². The standard InChI is InChI=1S/C10H18BrN5O3S/c1-6(2)5-7(9(17)12-3)14-20(18,19)10-8(11)13-15-16(10)4/h6-7,14H,5H2,1-4H3,(H,12,17). The molecule has 0 radical (unpaired) electrons. The van der Waals surface area contributed by atoms with Crippen LogP contribution < -0.4 is 10.0 Å². The van der Waals surface area contributed by atoms with Gasteiger partial charge in [0, 0.05) is 14.1 Å². The molecule has 0 saturated heterocycles. The molecule has 1 aromatic rings. The van der Waals surface area contributed by atoms with Gasteiger partial charge in [0.05, 0.1) is 0 Å². The molecule has 1 heterocycles. The van der Waals surface area contributed by atoms with Crippen molar-refractivity contribution >= 4 is 31.9 Å². The van der Waals surface area contributed by atoms with Crippen LogP contribution in [-0.4, -0.2) is 42.4 Å². The van der Waals surface area contributed by atoms with Crippen LogP contribution in [-0.2, 0) is 21.9 Å². The van der Waals surface area contributed by atoms with Gasteiger partial charge in [-0.3, -0.25) is 4.79 Å². The first-order valence-corrected chi connectivity index (χ1v) is 8.25. The summed E-state index contributed by atoms with van der Waals surface area (Å²) in [7, 11) is -0.972. The van der Waals surface area contributed by atoms with Crippen LogP contribution >= 0.6 is 15.9 Å². The number of hydrogen-bond acceptors (Lipinski definition) is 5. The molecule has 8 nitrogen and oxygen atoms in total. The van der Waals surface area contributed by atoms with Crippen LogP contribution in [0.3, 0.4) is 0 Å². The minimum Gasteiger partial charge on any atom is -0.358 e. The summed E-state index contributed by atoms with van der Waals surface area (Å²) < 4.78 is 28.3. The van der Waals surface area contributed by atoms with Crippen molar-refractivity contribution in [2.45, 2.75) is 31.3 Å². The topological polar surface area (TPSA) is 106 Å². The van der Waals surface area contributed by atoms with Gasteiger partial charge in [-0.05, 0) is 28.3 Å². The van der Waals surface area contributed by atoms with Crippen LogP contribution in [0.25, 0.3) is 0 Å². The molecule has 1 atom stereocenters. The predicted octanol–water partition coefficient (Wildman–Crippen LogP) is 0.0166. The number of nitrogens with zero attached hydrogens (tertiary/aromatic N) is 3. The molecular formula is C10H18BrN5O3S. The number of sulfonamides is 1. The molecular weight excluding hydrogens is 350 g/mol. The van der Waals surface area contributed by atoms with Crippen molar-refractivity contribution in [2.75, 3.05) is 7.05 Å². The lowest BCUT2D eigenvalue weighted by molar-refractivity contribution is -0.122. The van der Waals surface area contributed by atoms with Crippen molar-refractivity contribution in [3.63, 3.8) is 0 Å². The van der Waals surface area contributed by atoms with E-state index < -0.39 is 16.1 Å². The number of rotatable bonds is 6. The van der Waals surface area contributed by atoms with E-state index in [4.69, 9.17) is 0 Å². The largest absolute Gasteiger partial charge is 0.358 e. The zero-order chi connectivity index (χ0) is 15.5. The number of carbonyl (C=O) groups excluding carboxylic acids is 1. The zero-order valence-electron chi connectivity index (χ0n) is 11.7. The van der Waals surface area contributed by atoms with E-state index in [0.717, 1.165) is 4.68 Å². The molecule has 10 heteroatoms. The molecule has 0 bridgehead atoms. The Morgan fingerprint density at radius 2 is 2.05 bits per heavy atom. The van der Waals surface area contributed by atoms with Crippen LogP contribution in [0, 0.1) is 5.92 Å². The van der Waals surface area contributed by atoms with E-state index in [9.17, 15) is 13.2 Å². The van der Waals surface area contributed by atoms with Gasteiger partial charge in [0.1, 0.15) is 6.04 Å². The van der Waals surface area contributed by atoms with E-state index in [-0.39, 0.29) is 21.5 Å². The highest BCUT2D eigenvalue weighted by Crippen LogP contribution is 2.18. The summed E-state index contributed by atoms with van der Waals surface area (Å²) in [4.78, 5) is 11.8. The van der Waals surface area contributed by atoms with Gasteiger partial charge in [-0.2, -0.15) is 4.72 Å². The summed E-state index contributed by atoms with van der Waals surface area (Å²) in [6, 6.07) is -0.841. The number of aryl methyl sites for hydroxylation is 1. The summed E-state index contributed by atoms with van der Waals surface area (Å²) in [5.74, 6) is -0.221. The van der Waals surface area contributed by atoms with Gasteiger partial charge in [0.2, 0.25) is 10.9 Å². The number of amides is 1. The van der Waals surface area contributed by atoms with Gasteiger partial charge < -0.3 is 5.32 Å². The van der Waals surface area contributed by atoms with E-state index in [1.807, 2.05) is 13.8 Å². The third-order valence-electron chi connectivity index (χ3n) is 2.56. The van der Waals surface area contributed by atoms with Crippen LogP contribution in [0.15, 0.2) is 9.63 Å². The molecule has 1 aromatic heterocycles. The Bertz CT molecular complexity index is 564. The molecule has 0 aliphatic carbocycles. The third kappa shape index (κ3) is 4.00. The Morgan fingerprint density at radius 3 is 2.45 bits per heavy atom. The van der Waals surface area contributed by atoms with E-state index >= 15 is 0 Å². The monoisotopic (exact) mass is 367 g/mol. The van der Waals surface area contributed by atoms with Crippen molar-refractivity contribution in [1.29, 1.82) is 0 Å². The van der Waals surface area contributed by atoms with Crippen molar-refractivity contribution in [1.82, 2.24) is 25.0 Å². The van der Waals surface area contributed by atoms with Crippen LogP contribution in [0.5, 0.6) is 0 Å². The maximum atomic E-state index is 12.3. The highest BCUT2D eigenvalue weighted by Gasteiger charge is 2.30. The number of aromatic nitrogens is 3. The average Bonchev–Trinajstić information content (AvgIpc) is 2.66. The maximum absolute atomic E-state index is 12.3. The van der Waals surface area contributed by atoms with E-state index in [0.29, 0.717) is 6.42 Å². The average molecular weight is 368 g/mol. The maximum Gasteiger partial charge on any atom is 0.261 e. The van der Waals surface area contributed by atoms with Gasteiger partial charge in [0.25, 0.3) is 10.0 Å². The molecule has 2 N–H and O–H groups in total. The lowest BCUT2D eigenvalue weighted by atomic mass is 10.0. The summed E-state index contributed by atoms with van der Waals surface area (Å²) in [6.07, 6.45) is 0.391. The fourth-order valence-electron chi connectivity index (χ4n) is 1.71. The first kappa shape index (κ1) is 17.1. The Morgan fingerprint density at radius 1 is 1.45 bits per heavy atom.